The van der Waals surface area contributed by atoms with Crippen LogP contribution in [0.2, 0.25) is 0 Å². The molecule has 1 unspecified atom stereocenters. The summed E-state index contributed by atoms with van der Waals surface area (Å²) >= 11 is 0. The molecule has 1 aromatic heterocycles. The van der Waals surface area contributed by atoms with Gasteiger partial charge in [-0.1, -0.05) is 30.4 Å². The predicted octanol–water partition coefficient (Wildman–Crippen LogP) is 5.08. The summed E-state index contributed by atoms with van der Waals surface area (Å²) in [6.45, 7) is 0. The quantitative estimate of drug-likeness (QED) is 0.608. The molecule has 0 radical (unpaired) electrons. The van der Waals surface area contributed by atoms with E-state index in [-0.39, 0.29) is 0 Å². The fourth-order valence-electron chi connectivity index (χ4n) is 3.78. The SMILES string of the molecule is COc1ccc2c(C#N)c(-c3ccc(NS(=O)CC4=CCCC=C4)cc3)n(C)c2c1. The van der Waals surface area contributed by atoms with Crippen LogP contribution in [-0.4, -0.2) is 21.6 Å². The number of benzene rings is 2. The second kappa shape index (κ2) is 8.60. The Labute approximate surface area is 178 Å². The number of allylic oxidation sites excluding steroid dienone is 3. The number of anilines is 1. The molecule has 0 aliphatic heterocycles. The zero-order valence-corrected chi connectivity index (χ0v) is 17.8. The van der Waals surface area contributed by atoms with Crippen molar-refractivity contribution in [1.29, 1.82) is 5.26 Å². The van der Waals surface area contributed by atoms with E-state index in [9.17, 15) is 9.47 Å². The molecule has 0 spiro atoms. The highest BCUT2D eigenvalue weighted by atomic mass is 32.2. The fraction of sp³-hybridized carbons (Fsp3) is 0.208. The molecule has 1 aliphatic rings. The highest BCUT2D eigenvalue weighted by molar-refractivity contribution is 7.86. The third-order valence-corrected chi connectivity index (χ3v) is 6.34. The Morgan fingerprint density at radius 3 is 2.67 bits per heavy atom. The average Bonchev–Trinajstić information content (AvgIpc) is 3.06. The van der Waals surface area contributed by atoms with Crippen molar-refractivity contribution in [3.8, 4) is 23.1 Å². The second-order valence-electron chi connectivity index (χ2n) is 7.21. The van der Waals surface area contributed by atoms with Crippen molar-refractivity contribution in [2.45, 2.75) is 12.8 Å². The van der Waals surface area contributed by atoms with Crippen LogP contribution in [0.3, 0.4) is 0 Å². The van der Waals surface area contributed by atoms with E-state index >= 15 is 0 Å². The van der Waals surface area contributed by atoms with Gasteiger partial charge in [-0.3, -0.25) is 0 Å². The largest absolute Gasteiger partial charge is 0.497 e. The number of nitrogens with zero attached hydrogens (tertiary/aromatic N) is 2. The summed E-state index contributed by atoms with van der Waals surface area (Å²) in [4.78, 5) is 0. The van der Waals surface area contributed by atoms with E-state index in [1.165, 1.54) is 0 Å². The minimum absolute atomic E-state index is 0.488. The third kappa shape index (κ3) is 3.89. The Morgan fingerprint density at radius 2 is 2.00 bits per heavy atom. The third-order valence-electron chi connectivity index (χ3n) is 5.28. The van der Waals surface area contributed by atoms with Gasteiger partial charge in [0.1, 0.15) is 22.8 Å². The van der Waals surface area contributed by atoms with Crippen LogP contribution >= 0.6 is 0 Å². The summed E-state index contributed by atoms with van der Waals surface area (Å²) in [6.07, 6.45) is 8.37. The van der Waals surface area contributed by atoms with Gasteiger partial charge in [0, 0.05) is 24.2 Å². The van der Waals surface area contributed by atoms with E-state index in [2.05, 4.69) is 22.9 Å². The Hall–Kier alpha value is -3.30. The molecular weight excluding hydrogens is 394 g/mol. The van der Waals surface area contributed by atoms with Crippen molar-refractivity contribution in [2.24, 2.45) is 7.05 Å². The van der Waals surface area contributed by atoms with Gasteiger partial charge in [-0.05, 0) is 48.2 Å². The van der Waals surface area contributed by atoms with Crippen molar-refractivity contribution in [3.63, 3.8) is 0 Å². The second-order valence-corrected chi connectivity index (χ2v) is 8.39. The molecule has 5 nitrogen and oxygen atoms in total. The van der Waals surface area contributed by atoms with Crippen LogP contribution in [0.1, 0.15) is 18.4 Å². The minimum Gasteiger partial charge on any atom is -0.497 e. The Bertz CT molecular complexity index is 1210. The lowest BCUT2D eigenvalue weighted by Crippen LogP contribution is -2.10. The number of nitrogens with one attached hydrogen (secondary N) is 1. The van der Waals surface area contributed by atoms with E-state index in [0.29, 0.717) is 11.3 Å². The van der Waals surface area contributed by atoms with Crippen LogP contribution in [0.4, 0.5) is 5.69 Å². The summed E-state index contributed by atoms with van der Waals surface area (Å²) < 4.78 is 22.8. The Kier molecular flexibility index (Phi) is 5.73. The number of rotatable bonds is 6. The minimum atomic E-state index is -1.19. The van der Waals surface area contributed by atoms with Gasteiger partial charge in [0.25, 0.3) is 0 Å². The topological polar surface area (TPSA) is 67.0 Å². The molecule has 4 rings (SSSR count). The number of ether oxygens (including phenoxy) is 1. The summed E-state index contributed by atoms with van der Waals surface area (Å²) in [5.41, 5.74) is 5.25. The van der Waals surface area contributed by atoms with Crippen LogP contribution < -0.4 is 9.46 Å². The zero-order chi connectivity index (χ0) is 21.1. The zero-order valence-electron chi connectivity index (χ0n) is 17.0. The lowest BCUT2D eigenvalue weighted by Gasteiger charge is -2.10. The van der Waals surface area contributed by atoms with Crippen molar-refractivity contribution >= 4 is 27.6 Å². The van der Waals surface area contributed by atoms with Crippen molar-refractivity contribution in [1.82, 2.24) is 4.57 Å². The van der Waals surface area contributed by atoms with Crippen LogP contribution in [-0.2, 0) is 18.0 Å². The molecule has 6 heteroatoms. The molecule has 1 heterocycles. The summed E-state index contributed by atoms with van der Waals surface area (Å²) in [6, 6.07) is 15.8. The van der Waals surface area contributed by atoms with Gasteiger partial charge in [0.05, 0.1) is 29.6 Å². The Morgan fingerprint density at radius 1 is 1.20 bits per heavy atom. The van der Waals surface area contributed by atoms with Gasteiger partial charge < -0.3 is 14.0 Å². The van der Waals surface area contributed by atoms with Gasteiger partial charge >= 0.3 is 0 Å². The first kappa shape index (κ1) is 20.0. The first-order chi connectivity index (χ1) is 14.6. The average molecular weight is 418 g/mol. The van der Waals surface area contributed by atoms with Crippen LogP contribution in [0.25, 0.3) is 22.2 Å². The van der Waals surface area contributed by atoms with Gasteiger partial charge in [0.2, 0.25) is 0 Å². The van der Waals surface area contributed by atoms with Gasteiger partial charge in [0.15, 0.2) is 0 Å². The maximum atomic E-state index is 12.4. The summed E-state index contributed by atoms with van der Waals surface area (Å²) in [7, 11) is 2.39. The molecule has 3 aromatic rings. The number of methoxy groups -OCH3 is 1. The number of aryl methyl sites for hydroxylation is 1. The molecule has 30 heavy (non-hydrogen) atoms. The predicted molar refractivity (Wildman–Crippen MR) is 123 cm³/mol. The maximum absolute atomic E-state index is 12.4. The number of aromatic nitrogens is 1. The summed E-state index contributed by atoms with van der Waals surface area (Å²) in [5.74, 6) is 1.24. The van der Waals surface area contributed by atoms with Gasteiger partial charge in [-0.2, -0.15) is 5.26 Å². The number of hydrogen-bond donors (Lipinski definition) is 1. The number of fused-ring (bicyclic) bond motifs is 1. The van der Waals surface area contributed by atoms with Crippen molar-refractivity contribution in [2.75, 3.05) is 17.6 Å². The standard InChI is InChI=1S/C24H23N3O2S/c1-27-23-14-20(29-2)12-13-21(23)22(15-25)24(27)18-8-10-19(11-9-18)26-30(28)16-17-6-4-3-5-7-17/h4,6-14,26H,3,5,16H2,1-2H3. The summed E-state index contributed by atoms with van der Waals surface area (Å²) in [5, 5.41) is 10.7. The molecule has 0 fully saturated rings. The molecular formula is C24H23N3O2S. The van der Waals surface area contributed by atoms with Gasteiger partial charge in [-0.15, -0.1) is 0 Å². The van der Waals surface area contributed by atoms with Gasteiger partial charge in [-0.25, -0.2) is 4.21 Å². The highest BCUT2D eigenvalue weighted by Crippen LogP contribution is 2.34. The van der Waals surface area contributed by atoms with E-state index in [4.69, 9.17) is 4.74 Å². The molecule has 1 N–H and O–H groups in total. The fourth-order valence-corrected chi connectivity index (χ4v) is 4.77. The number of nitriles is 1. The van der Waals surface area contributed by atoms with E-state index in [1.807, 2.05) is 60.2 Å². The molecule has 152 valence electrons. The Balaban J connectivity index is 1.59. The molecule has 0 saturated heterocycles. The number of hydrogen-bond acceptors (Lipinski definition) is 3. The maximum Gasteiger partial charge on any atom is 0.121 e. The van der Waals surface area contributed by atoms with E-state index in [0.717, 1.165) is 52.0 Å². The van der Waals surface area contributed by atoms with Crippen LogP contribution in [0.5, 0.6) is 5.75 Å². The molecule has 0 bridgehead atoms. The lowest BCUT2D eigenvalue weighted by atomic mass is 10.1. The molecule has 1 aliphatic carbocycles. The first-order valence-corrected chi connectivity index (χ1v) is 11.1. The molecule has 2 aromatic carbocycles. The first-order valence-electron chi connectivity index (χ1n) is 9.78. The monoisotopic (exact) mass is 417 g/mol. The van der Waals surface area contributed by atoms with Crippen molar-refractivity contribution < 1.29 is 8.95 Å². The van der Waals surface area contributed by atoms with Crippen molar-refractivity contribution in [3.05, 3.63) is 71.8 Å². The highest BCUT2D eigenvalue weighted by Gasteiger charge is 2.17. The lowest BCUT2D eigenvalue weighted by molar-refractivity contribution is 0.415. The van der Waals surface area contributed by atoms with Crippen LogP contribution in [0, 0.1) is 11.3 Å². The molecule has 0 saturated carbocycles. The normalized spacial score (nSPS) is 14.2. The molecule has 0 amide bonds. The van der Waals surface area contributed by atoms with Crippen LogP contribution in [0.15, 0.2) is 66.3 Å². The van der Waals surface area contributed by atoms with E-state index in [1.54, 1.807) is 7.11 Å². The van der Waals surface area contributed by atoms with E-state index < -0.39 is 11.0 Å². The smallest absolute Gasteiger partial charge is 0.121 e. The molecule has 1 atom stereocenters.